The topological polar surface area (TPSA) is 25.2 Å². The van der Waals surface area contributed by atoms with Gasteiger partial charge in [-0.1, -0.05) is 58.0 Å². The van der Waals surface area contributed by atoms with E-state index in [9.17, 15) is 0 Å². The van der Waals surface area contributed by atoms with Crippen molar-refractivity contribution in [2.75, 3.05) is 0 Å². The number of aryl methyl sites for hydroxylation is 1. The molecule has 0 aliphatic heterocycles. The Morgan fingerprint density at radius 1 is 1.00 bits per heavy atom. The van der Waals surface area contributed by atoms with Gasteiger partial charge >= 0.3 is 0 Å². The summed E-state index contributed by atoms with van der Waals surface area (Å²) in [5.74, 6) is 0.892. The maximum absolute atomic E-state index is 5.14. The Morgan fingerprint density at radius 2 is 1.62 bits per heavy atom. The Balaban J connectivity index is 2.60. The highest BCUT2D eigenvalue weighted by atomic mass is 14.9. The van der Waals surface area contributed by atoms with E-state index in [2.05, 4.69) is 78.8 Å². The van der Waals surface area contributed by atoms with E-state index in [0.717, 1.165) is 22.5 Å². The first kappa shape index (κ1) is 18.4. The third kappa shape index (κ3) is 4.11. The zero-order valence-corrected chi connectivity index (χ0v) is 16.1. The fourth-order valence-corrected chi connectivity index (χ4v) is 2.63. The Labute approximate surface area is 147 Å². The van der Waals surface area contributed by atoms with Crippen LogP contribution in [0.5, 0.6) is 0 Å². The van der Waals surface area contributed by atoms with Crippen LogP contribution in [0.2, 0.25) is 0 Å². The highest BCUT2D eigenvalue weighted by molar-refractivity contribution is 6.13. The van der Waals surface area contributed by atoms with Crippen molar-refractivity contribution in [2.24, 2.45) is 10.9 Å². The van der Waals surface area contributed by atoms with Crippen LogP contribution in [0.4, 0.5) is 0 Å². The Bertz CT molecular complexity index is 710. The molecule has 0 saturated carbocycles. The molecular weight excluding hydrogens is 292 g/mol. The highest BCUT2D eigenvalue weighted by Gasteiger charge is 2.23. The second-order valence-corrected chi connectivity index (χ2v) is 7.72. The Kier molecular flexibility index (Phi) is 5.58. The number of aromatic nitrogens is 1. The van der Waals surface area contributed by atoms with Gasteiger partial charge in [0, 0.05) is 23.0 Å². The van der Waals surface area contributed by atoms with Gasteiger partial charge in [0.15, 0.2) is 0 Å². The third-order valence-corrected chi connectivity index (χ3v) is 4.80. The summed E-state index contributed by atoms with van der Waals surface area (Å²) in [5.41, 5.74) is 5.53. The molecule has 0 spiro atoms. The smallest absolute Gasteiger partial charge is 0.0741 e. The fraction of sp³-hybridized carbons (Fsp3) is 0.455. The van der Waals surface area contributed by atoms with Gasteiger partial charge in [-0.15, -0.1) is 0 Å². The molecule has 0 aliphatic rings. The molecule has 0 atom stereocenters. The third-order valence-electron chi connectivity index (χ3n) is 4.80. The van der Waals surface area contributed by atoms with Gasteiger partial charge in [0.2, 0.25) is 0 Å². The molecular formula is C22H30N2. The van der Waals surface area contributed by atoms with Crippen molar-refractivity contribution in [3.05, 3.63) is 65.0 Å². The van der Waals surface area contributed by atoms with E-state index < -0.39 is 0 Å². The zero-order valence-electron chi connectivity index (χ0n) is 16.1. The van der Waals surface area contributed by atoms with E-state index in [1.165, 1.54) is 5.56 Å². The summed E-state index contributed by atoms with van der Waals surface area (Å²) in [6, 6.07) is 12.7. The summed E-state index contributed by atoms with van der Waals surface area (Å²) in [7, 11) is 0. The Hall–Kier alpha value is -1.96. The summed E-state index contributed by atoms with van der Waals surface area (Å²) in [5, 5.41) is 0. The van der Waals surface area contributed by atoms with Crippen LogP contribution >= 0.6 is 0 Å². The minimum absolute atomic E-state index is 0.129. The first-order valence-corrected chi connectivity index (χ1v) is 8.84. The predicted octanol–water partition coefficient (Wildman–Crippen LogP) is 5.79. The van der Waals surface area contributed by atoms with Crippen molar-refractivity contribution >= 4 is 5.71 Å². The summed E-state index contributed by atoms with van der Waals surface area (Å²) in [6.07, 6.45) is 1.98. The van der Waals surface area contributed by atoms with Crippen molar-refractivity contribution in [3.63, 3.8) is 0 Å². The van der Waals surface area contributed by atoms with Crippen LogP contribution in [0.15, 0.2) is 47.6 Å². The standard InChI is InChI=1S/C22H30N2/c1-15(2)20-17(5)13-19(14-23-20)21(18-11-9-8-10-12-18)24-22(6,7)16(3)4/h8-16H,1-7H3. The molecule has 0 bridgehead atoms. The number of hydrogen-bond acceptors (Lipinski definition) is 2. The lowest BCUT2D eigenvalue weighted by atomic mass is 9.90. The average Bonchev–Trinajstić information content (AvgIpc) is 2.53. The van der Waals surface area contributed by atoms with Gasteiger partial charge in [-0.3, -0.25) is 9.98 Å². The molecule has 128 valence electrons. The molecule has 2 nitrogen and oxygen atoms in total. The second kappa shape index (κ2) is 7.29. The van der Waals surface area contributed by atoms with Gasteiger partial charge in [-0.25, -0.2) is 0 Å². The molecule has 0 N–H and O–H groups in total. The first-order chi connectivity index (χ1) is 11.2. The number of nitrogens with zero attached hydrogens (tertiary/aromatic N) is 2. The van der Waals surface area contributed by atoms with Gasteiger partial charge in [-0.2, -0.15) is 0 Å². The molecule has 2 heteroatoms. The molecule has 0 radical (unpaired) electrons. The number of rotatable bonds is 5. The molecule has 1 aromatic carbocycles. The number of benzene rings is 1. The summed E-state index contributed by atoms with van der Waals surface area (Å²) < 4.78 is 0. The van der Waals surface area contributed by atoms with Crippen LogP contribution in [0.1, 0.15) is 69.8 Å². The Morgan fingerprint density at radius 3 is 2.12 bits per heavy atom. The van der Waals surface area contributed by atoms with Crippen LogP contribution < -0.4 is 0 Å². The van der Waals surface area contributed by atoms with Crippen molar-refractivity contribution in [3.8, 4) is 0 Å². The van der Waals surface area contributed by atoms with Crippen LogP contribution in [-0.4, -0.2) is 16.2 Å². The van der Waals surface area contributed by atoms with Gasteiger partial charge in [-0.05, 0) is 44.2 Å². The van der Waals surface area contributed by atoms with Crippen molar-refractivity contribution in [1.29, 1.82) is 0 Å². The lowest BCUT2D eigenvalue weighted by Crippen LogP contribution is -2.27. The minimum Gasteiger partial charge on any atom is -0.278 e. The zero-order chi connectivity index (χ0) is 17.9. The van der Waals surface area contributed by atoms with Crippen molar-refractivity contribution < 1.29 is 0 Å². The lowest BCUT2D eigenvalue weighted by Gasteiger charge is -2.26. The van der Waals surface area contributed by atoms with Crippen LogP contribution in [0, 0.1) is 12.8 Å². The van der Waals surface area contributed by atoms with E-state index in [4.69, 9.17) is 9.98 Å². The van der Waals surface area contributed by atoms with Crippen molar-refractivity contribution in [1.82, 2.24) is 4.98 Å². The van der Waals surface area contributed by atoms with Gasteiger partial charge < -0.3 is 0 Å². The van der Waals surface area contributed by atoms with E-state index in [1.54, 1.807) is 0 Å². The van der Waals surface area contributed by atoms with Gasteiger partial charge in [0.25, 0.3) is 0 Å². The second-order valence-electron chi connectivity index (χ2n) is 7.72. The molecule has 0 fully saturated rings. The molecule has 0 unspecified atom stereocenters. The summed E-state index contributed by atoms with van der Waals surface area (Å²) in [4.78, 5) is 9.86. The molecule has 1 aromatic heterocycles. The largest absolute Gasteiger partial charge is 0.278 e. The molecule has 0 amide bonds. The van der Waals surface area contributed by atoms with Gasteiger partial charge in [0.1, 0.15) is 0 Å². The highest BCUT2D eigenvalue weighted by Crippen LogP contribution is 2.25. The number of pyridine rings is 1. The van der Waals surface area contributed by atoms with Crippen LogP contribution in [0.25, 0.3) is 0 Å². The van der Waals surface area contributed by atoms with Crippen molar-refractivity contribution in [2.45, 2.75) is 59.9 Å². The maximum atomic E-state index is 5.14. The molecule has 0 aliphatic carbocycles. The van der Waals surface area contributed by atoms with E-state index >= 15 is 0 Å². The monoisotopic (exact) mass is 322 g/mol. The summed E-state index contributed by atoms with van der Waals surface area (Å²) >= 11 is 0. The number of aliphatic imine (C=N–C) groups is 1. The minimum atomic E-state index is -0.129. The van der Waals surface area contributed by atoms with Crippen LogP contribution in [-0.2, 0) is 0 Å². The predicted molar refractivity (Wildman–Crippen MR) is 104 cm³/mol. The quantitative estimate of drug-likeness (QED) is 0.640. The number of hydrogen-bond donors (Lipinski definition) is 0. The SMILES string of the molecule is Cc1cc(C(=NC(C)(C)C(C)C)c2ccccc2)cnc1C(C)C. The average molecular weight is 322 g/mol. The molecule has 2 rings (SSSR count). The van der Waals surface area contributed by atoms with E-state index in [1.807, 2.05) is 12.3 Å². The summed E-state index contributed by atoms with van der Waals surface area (Å²) in [6.45, 7) is 15.3. The molecule has 2 aromatic rings. The first-order valence-electron chi connectivity index (χ1n) is 8.84. The lowest BCUT2D eigenvalue weighted by molar-refractivity contribution is 0.377. The normalized spacial score (nSPS) is 13.0. The fourth-order valence-electron chi connectivity index (χ4n) is 2.63. The van der Waals surface area contributed by atoms with Crippen LogP contribution in [0.3, 0.4) is 0 Å². The van der Waals surface area contributed by atoms with E-state index in [0.29, 0.717) is 11.8 Å². The molecule has 24 heavy (non-hydrogen) atoms. The molecule has 0 saturated heterocycles. The van der Waals surface area contributed by atoms with Gasteiger partial charge in [0.05, 0.1) is 11.3 Å². The van der Waals surface area contributed by atoms with E-state index in [-0.39, 0.29) is 5.54 Å². The molecule has 1 heterocycles. The maximum Gasteiger partial charge on any atom is 0.0741 e.